The zero-order chi connectivity index (χ0) is 21.6. The lowest BCUT2D eigenvalue weighted by atomic mass is 9.89. The lowest BCUT2D eigenvalue weighted by Gasteiger charge is -2.35. The second-order valence-electron chi connectivity index (χ2n) is 8.90. The molecular weight excluding hydrogens is 386 g/mol. The summed E-state index contributed by atoms with van der Waals surface area (Å²) >= 11 is 0. The van der Waals surface area contributed by atoms with Crippen LogP contribution in [0, 0.1) is 5.92 Å². The molecular formula is C26H33N3O2. The van der Waals surface area contributed by atoms with E-state index in [1.165, 1.54) is 5.56 Å². The van der Waals surface area contributed by atoms with Gasteiger partial charge in [-0.25, -0.2) is 0 Å². The van der Waals surface area contributed by atoms with Gasteiger partial charge in [-0.05, 0) is 68.2 Å². The van der Waals surface area contributed by atoms with Gasteiger partial charge >= 0.3 is 0 Å². The first kappa shape index (κ1) is 21.4. The van der Waals surface area contributed by atoms with Crippen molar-refractivity contribution in [3.05, 3.63) is 59.7 Å². The molecule has 164 valence electrons. The SMILES string of the molecule is CCCC(=O)Nc1ccc(N2CCC(Cc3ccccc3)CC2)c(C(=O)NC2CC2)c1. The third-order valence-corrected chi connectivity index (χ3v) is 6.24. The van der Waals surface area contributed by atoms with E-state index in [-0.39, 0.29) is 11.8 Å². The standard InChI is InChI=1S/C26H33N3O2/c1-2-6-25(30)27-22-11-12-24(23(18-22)26(31)28-21-9-10-21)29-15-13-20(14-16-29)17-19-7-4-3-5-8-19/h3-5,7-8,11-12,18,20-21H,2,6,9-10,13-17H2,1H3,(H,27,30)(H,28,31). The number of carbonyl (C=O) groups excluding carboxylic acids is 2. The van der Waals surface area contributed by atoms with E-state index >= 15 is 0 Å². The van der Waals surface area contributed by atoms with Crippen molar-refractivity contribution in [1.29, 1.82) is 0 Å². The summed E-state index contributed by atoms with van der Waals surface area (Å²) in [6, 6.07) is 16.8. The molecule has 5 nitrogen and oxygen atoms in total. The Balaban J connectivity index is 1.46. The summed E-state index contributed by atoms with van der Waals surface area (Å²) in [4.78, 5) is 27.3. The van der Waals surface area contributed by atoms with E-state index in [4.69, 9.17) is 0 Å². The zero-order valence-corrected chi connectivity index (χ0v) is 18.4. The first-order valence-corrected chi connectivity index (χ1v) is 11.7. The monoisotopic (exact) mass is 419 g/mol. The number of amides is 2. The number of carbonyl (C=O) groups is 2. The van der Waals surface area contributed by atoms with Crippen LogP contribution in [0.3, 0.4) is 0 Å². The van der Waals surface area contributed by atoms with E-state index in [2.05, 4.69) is 45.9 Å². The number of hydrogen-bond donors (Lipinski definition) is 2. The van der Waals surface area contributed by atoms with Gasteiger partial charge in [0, 0.05) is 36.9 Å². The van der Waals surface area contributed by atoms with Crippen molar-refractivity contribution in [1.82, 2.24) is 5.32 Å². The quantitative estimate of drug-likeness (QED) is 0.647. The van der Waals surface area contributed by atoms with Crippen molar-refractivity contribution in [2.45, 2.75) is 57.9 Å². The molecule has 0 radical (unpaired) electrons. The molecule has 0 spiro atoms. The molecule has 1 saturated heterocycles. The van der Waals surface area contributed by atoms with Gasteiger partial charge in [-0.1, -0.05) is 37.3 Å². The minimum Gasteiger partial charge on any atom is -0.371 e. The van der Waals surface area contributed by atoms with E-state index in [1.807, 2.05) is 25.1 Å². The highest BCUT2D eigenvalue weighted by molar-refractivity contribution is 6.02. The number of hydrogen-bond acceptors (Lipinski definition) is 3. The maximum Gasteiger partial charge on any atom is 0.253 e. The molecule has 0 bridgehead atoms. The highest BCUT2D eigenvalue weighted by atomic mass is 16.2. The van der Waals surface area contributed by atoms with Crippen LogP contribution in [-0.4, -0.2) is 30.9 Å². The number of rotatable bonds is 8. The molecule has 0 atom stereocenters. The minimum atomic E-state index is -0.0319. The van der Waals surface area contributed by atoms with Gasteiger partial charge in [-0.15, -0.1) is 0 Å². The van der Waals surface area contributed by atoms with E-state index in [0.29, 0.717) is 29.6 Å². The van der Waals surface area contributed by atoms with Gasteiger partial charge in [-0.2, -0.15) is 0 Å². The Morgan fingerprint density at radius 3 is 2.42 bits per heavy atom. The van der Waals surface area contributed by atoms with Crippen LogP contribution in [0.4, 0.5) is 11.4 Å². The normalized spacial score (nSPS) is 16.7. The van der Waals surface area contributed by atoms with E-state index < -0.39 is 0 Å². The molecule has 2 aromatic carbocycles. The van der Waals surface area contributed by atoms with Gasteiger partial charge in [-0.3, -0.25) is 9.59 Å². The van der Waals surface area contributed by atoms with Gasteiger partial charge in [0.2, 0.25) is 5.91 Å². The fraction of sp³-hybridized carbons (Fsp3) is 0.462. The topological polar surface area (TPSA) is 61.4 Å². The summed E-state index contributed by atoms with van der Waals surface area (Å²) in [6.45, 7) is 3.88. The second kappa shape index (κ2) is 9.99. The Kier molecular flexibility index (Phi) is 6.90. The predicted octanol–water partition coefficient (Wildman–Crippen LogP) is 4.78. The van der Waals surface area contributed by atoms with Gasteiger partial charge < -0.3 is 15.5 Å². The Hall–Kier alpha value is -2.82. The van der Waals surface area contributed by atoms with E-state index in [0.717, 1.165) is 57.3 Å². The van der Waals surface area contributed by atoms with Gasteiger partial charge in [0.05, 0.1) is 5.56 Å². The summed E-state index contributed by atoms with van der Waals surface area (Å²) < 4.78 is 0. The van der Waals surface area contributed by atoms with Crippen molar-refractivity contribution in [2.75, 3.05) is 23.3 Å². The first-order chi connectivity index (χ1) is 15.1. The maximum atomic E-state index is 13.0. The maximum absolute atomic E-state index is 13.0. The smallest absolute Gasteiger partial charge is 0.253 e. The van der Waals surface area contributed by atoms with E-state index in [1.54, 1.807) is 0 Å². The number of anilines is 2. The number of nitrogens with zero attached hydrogens (tertiary/aromatic N) is 1. The molecule has 1 saturated carbocycles. The number of benzene rings is 2. The molecule has 1 aliphatic heterocycles. The van der Waals surface area contributed by atoms with Crippen LogP contribution in [0.15, 0.2) is 48.5 Å². The van der Waals surface area contributed by atoms with Crippen molar-refractivity contribution in [3.63, 3.8) is 0 Å². The van der Waals surface area contributed by atoms with Crippen LogP contribution in [-0.2, 0) is 11.2 Å². The molecule has 0 aromatic heterocycles. The Morgan fingerprint density at radius 1 is 1.00 bits per heavy atom. The fourth-order valence-corrected chi connectivity index (χ4v) is 4.34. The highest BCUT2D eigenvalue weighted by Crippen LogP contribution is 2.31. The third-order valence-electron chi connectivity index (χ3n) is 6.24. The molecule has 2 amide bonds. The summed E-state index contributed by atoms with van der Waals surface area (Å²) in [5.74, 6) is 0.635. The Morgan fingerprint density at radius 2 is 1.74 bits per heavy atom. The lowest BCUT2D eigenvalue weighted by molar-refractivity contribution is -0.116. The zero-order valence-electron chi connectivity index (χ0n) is 18.4. The van der Waals surface area contributed by atoms with Crippen LogP contribution in [0.5, 0.6) is 0 Å². The average molecular weight is 420 g/mol. The van der Waals surface area contributed by atoms with Crippen LogP contribution in [0.1, 0.15) is 61.4 Å². The third kappa shape index (κ3) is 5.87. The molecule has 4 rings (SSSR count). The Bertz CT molecular complexity index is 900. The second-order valence-corrected chi connectivity index (χ2v) is 8.90. The Labute approximate surface area is 185 Å². The van der Waals surface area contributed by atoms with Gasteiger partial charge in [0.1, 0.15) is 0 Å². The van der Waals surface area contributed by atoms with Crippen molar-refractivity contribution in [3.8, 4) is 0 Å². The van der Waals surface area contributed by atoms with Crippen molar-refractivity contribution in [2.24, 2.45) is 5.92 Å². The highest BCUT2D eigenvalue weighted by Gasteiger charge is 2.27. The van der Waals surface area contributed by atoms with Crippen molar-refractivity contribution >= 4 is 23.2 Å². The van der Waals surface area contributed by atoms with Crippen LogP contribution in [0.25, 0.3) is 0 Å². The van der Waals surface area contributed by atoms with Crippen LogP contribution >= 0.6 is 0 Å². The minimum absolute atomic E-state index is 0.00877. The summed E-state index contributed by atoms with van der Waals surface area (Å²) in [6.07, 6.45) is 6.75. The molecule has 0 unspecified atom stereocenters. The molecule has 1 aliphatic carbocycles. The predicted molar refractivity (Wildman–Crippen MR) is 126 cm³/mol. The van der Waals surface area contributed by atoms with Gasteiger partial charge in [0.25, 0.3) is 5.91 Å². The van der Waals surface area contributed by atoms with Crippen LogP contribution < -0.4 is 15.5 Å². The van der Waals surface area contributed by atoms with Gasteiger partial charge in [0.15, 0.2) is 0 Å². The van der Waals surface area contributed by atoms with Crippen molar-refractivity contribution < 1.29 is 9.59 Å². The molecule has 2 aliphatic rings. The van der Waals surface area contributed by atoms with E-state index in [9.17, 15) is 9.59 Å². The summed E-state index contributed by atoms with van der Waals surface area (Å²) in [5.41, 5.74) is 3.74. The number of nitrogens with one attached hydrogen (secondary N) is 2. The molecule has 2 fully saturated rings. The van der Waals surface area contributed by atoms with Crippen LogP contribution in [0.2, 0.25) is 0 Å². The molecule has 31 heavy (non-hydrogen) atoms. The lowest BCUT2D eigenvalue weighted by Crippen LogP contribution is -2.36. The summed E-state index contributed by atoms with van der Waals surface area (Å²) in [7, 11) is 0. The largest absolute Gasteiger partial charge is 0.371 e. The molecule has 2 aromatic rings. The fourth-order valence-electron chi connectivity index (χ4n) is 4.34. The molecule has 5 heteroatoms. The number of piperidine rings is 1. The first-order valence-electron chi connectivity index (χ1n) is 11.7. The summed E-state index contributed by atoms with van der Waals surface area (Å²) in [5, 5.41) is 6.05. The molecule has 2 N–H and O–H groups in total. The molecule has 1 heterocycles. The average Bonchev–Trinajstić information content (AvgIpc) is 3.59.